The van der Waals surface area contributed by atoms with E-state index in [0.29, 0.717) is 10.3 Å². The number of anilines is 1. The molecule has 3 nitrogen and oxygen atoms in total. The van der Waals surface area contributed by atoms with E-state index in [1.54, 1.807) is 23.7 Å². The van der Waals surface area contributed by atoms with Crippen molar-refractivity contribution in [3.05, 3.63) is 52.3 Å². The van der Waals surface area contributed by atoms with E-state index in [9.17, 15) is 13.6 Å². The largest absolute Gasteiger partial charge is 0.334 e. The molecule has 94 valence electrons. The molecule has 0 fully saturated rings. The standard InChI is InChI=1S/C12H9BrF2N2O/c1-17-9(5-6-10(17)13)12(18)16-11-7(14)3-2-4-8(11)15/h2-6H,1H3,(H,16,18). The molecule has 0 spiro atoms. The third-order valence-electron chi connectivity index (χ3n) is 2.49. The molecular formula is C12H9BrF2N2O. The average Bonchev–Trinajstić information content (AvgIpc) is 2.65. The van der Waals surface area contributed by atoms with Gasteiger partial charge in [-0.25, -0.2) is 8.78 Å². The number of halogens is 3. The maximum atomic E-state index is 13.4. The van der Waals surface area contributed by atoms with E-state index < -0.39 is 23.2 Å². The van der Waals surface area contributed by atoms with Crippen LogP contribution in [-0.2, 0) is 7.05 Å². The van der Waals surface area contributed by atoms with Crippen molar-refractivity contribution in [3.63, 3.8) is 0 Å². The number of nitrogens with one attached hydrogen (secondary N) is 1. The Morgan fingerprint density at radius 1 is 1.22 bits per heavy atom. The Balaban J connectivity index is 2.30. The topological polar surface area (TPSA) is 34.0 Å². The summed E-state index contributed by atoms with van der Waals surface area (Å²) in [5, 5.41) is 2.22. The number of para-hydroxylation sites is 1. The van der Waals surface area contributed by atoms with Gasteiger partial charge in [-0.2, -0.15) is 0 Å². The Kier molecular flexibility index (Phi) is 3.47. The van der Waals surface area contributed by atoms with Crippen LogP contribution in [0.3, 0.4) is 0 Å². The normalized spacial score (nSPS) is 10.4. The summed E-state index contributed by atoms with van der Waals surface area (Å²) in [6.45, 7) is 0. The molecule has 0 aliphatic rings. The number of amides is 1. The maximum Gasteiger partial charge on any atom is 0.272 e. The van der Waals surface area contributed by atoms with Gasteiger partial charge in [0.1, 0.15) is 23.0 Å². The first-order valence-electron chi connectivity index (χ1n) is 5.07. The predicted molar refractivity (Wildman–Crippen MR) is 67.4 cm³/mol. The molecule has 0 atom stereocenters. The summed E-state index contributed by atoms with van der Waals surface area (Å²) in [7, 11) is 1.66. The van der Waals surface area contributed by atoms with Crippen LogP contribution in [0.4, 0.5) is 14.5 Å². The van der Waals surface area contributed by atoms with Gasteiger partial charge in [-0.05, 0) is 40.2 Å². The Morgan fingerprint density at radius 2 is 1.83 bits per heavy atom. The molecule has 1 N–H and O–H groups in total. The summed E-state index contributed by atoms with van der Waals surface area (Å²) in [5.41, 5.74) is -0.149. The zero-order chi connectivity index (χ0) is 13.3. The van der Waals surface area contributed by atoms with E-state index in [2.05, 4.69) is 21.2 Å². The molecule has 1 aromatic carbocycles. The third kappa shape index (κ3) is 2.28. The molecule has 1 amide bonds. The number of carbonyl (C=O) groups excluding carboxylic acids is 1. The van der Waals surface area contributed by atoms with Gasteiger partial charge in [0.15, 0.2) is 0 Å². The Hall–Kier alpha value is -1.69. The highest BCUT2D eigenvalue weighted by Gasteiger charge is 2.16. The van der Waals surface area contributed by atoms with Gasteiger partial charge in [0, 0.05) is 7.05 Å². The van der Waals surface area contributed by atoms with Gasteiger partial charge in [-0.1, -0.05) is 6.07 Å². The second-order valence-corrected chi connectivity index (χ2v) is 4.46. The molecule has 2 rings (SSSR count). The lowest BCUT2D eigenvalue weighted by atomic mass is 10.2. The average molecular weight is 315 g/mol. The van der Waals surface area contributed by atoms with Crippen molar-refractivity contribution >= 4 is 27.5 Å². The van der Waals surface area contributed by atoms with Gasteiger partial charge in [-0.3, -0.25) is 4.79 Å². The van der Waals surface area contributed by atoms with Gasteiger partial charge in [0.25, 0.3) is 5.91 Å². The molecule has 0 aliphatic carbocycles. The highest BCUT2D eigenvalue weighted by Crippen LogP contribution is 2.20. The second-order valence-electron chi connectivity index (χ2n) is 3.65. The van der Waals surface area contributed by atoms with Crippen molar-refractivity contribution in [1.82, 2.24) is 4.57 Å². The molecule has 6 heteroatoms. The molecule has 1 aromatic heterocycles. The summed E-state index contributed by atoms with van der Waals surface area (Å²) >= 11 is 3.23. The van der Waals surface area contributed by atoms with E-state index >= 15 is 0 Å². The van der Waals surface area contributed by atoms with Crippen LogP contribution in [0.1, 0.15) is 10.5 Å². The van der Waals surface area contributed by atoms with Crippen LogP contribution >= 0.6 is 15.9 Å². The van der Waals surface area contributed by atoms with Gasteiger partial charge in [0.05, 0.1) is 4.60 Å². The predicted octanol–water partition coefficient (Wildman–Crippen LogP) is 3.32. The summed E-state index contributed by atoms with van der Waals surface area (Å²) in [6, 6.07) is 6.63. The number of aromatic nitrogens is 1. The van der Waals surface area contributed by atoms with Crippen molar-refractivity contribution in [2.24, 2.45) is 7.05 Å². The minimum absolute atomic E-state index is 0.296. The quantitative estimate of drug-likeness (QED) is 0.906. The fourth-order valence-corrected chi connectivity index (χ4v) is 1.83. The van der Waals surface area contributed by atoms with Gasteiger partial charge in [0.2, 0.25) is 0 Å². The van der Waals surface area contributed by atoms with E-state index in [4.69, 9.17) is 0 Å². The molecule has 0 bridgehead atoms. The fourth-order valence-electron chi connectivity index (χ4n) is 1.51. The molecule has 2 aromatic rings. The van der Waals surface area contributed by atoms with Crippen molar-refractivity contribution in [2.45, 2.75) is 0 Å². The fraction of sp³-hybridized carbons (Fsp3) is 0.0833. The zero-order valence-electron chi connectivity index (χ0n) is 9.38. The highest BCUT2D eigenvalue weighted by atomic mass is 79.9. The van der Waals surface area contributed by atoms with Crippen molar-refractivity contribution in [3.8, 4) is 0 Å². The van der Waals surface area contributed by atoms with Crippen LogP contribution in [0.25, 0.3) is 0 Å². The lowest BCUT2D eigenvalue weighted by molar-refractivity contribution is 0.101. The van der Waals surface area contributed by atoms with Crippen LogP contribution in [-0.4, -0.2) is 10.5 Å². The lowest BCUT2D eigenvalue weighted by Crippen LogP contribution is -2.17. The number of nitrogens with zero attached hydrogens (tertiary/aromatic N) is 1. The molecule has 0 saturated carbocycles. The van der Waals surface area contributed by atoms with Crippen molar-refractivity contribution < 1.29 is 13.6 Å². The third-order valence-corrected chi connectivity index (χ3v) is 3.29. The minimum atomic E-state index is -0.809. The Bertz CT molecular complexity index is 590. The minimum Gasteiger partial charge on any atom is -0.334 e. The summed E-state index contributed by atoms with van der Waals surface area (Å²) in [5.74, 6) is -2.19. The van der Waals surface area contributed by atoms with Crippen molar-refractivity contribution in [1.29, 1.82) is 0 Å². The SMILES string of the molecule is Cn1c(Br)ccc1C(=O)Nc1c(F)cccc1F. The van der Waals surface area contributed by atoms with Crippen LogP contribution in [0.2, 0.25) is 0 Å². The molecule has 0 radical (unpaired) electrons. The molecule has 18 heavy (non-hydrogen) atoms. The van der Waals surface area contributed by atoms with Crippen LogP contribution < -0.4 is 5.32 Å². The second kappa shape index (κ2) is 4.89. The van der Waals surface area contributed by atoms with Crippen LogP contribution in [0.5, 0.6) is 0 Å². The maximum absolute atomic E-state index is 13.4. The van der Waals surface area contributed by atoms with Crippen molar-refractivity contribution in [2.75, 3.05) is 5.32 Å². The van der Waals surface area contributed by atoms with Gasteiger partial charge < -0.3 is 9.88 Å². The summed E-state index contributed by atoms with van der Waals surface area (Å²) in [6.07, 6.45) is 0. The lowest BCUT2D eigenvalue weighted by Gasteiger charge is -2.08. The van der Waals surface area contributed by atoms with E-state index in [0.717, 1.165) is 12.1 Å². The zero-order valence-corrected chi connectivity index (χ0v) is 11.0. The monoisotopic (exact) mass is 314 g/mol. The molecule has 0 aliphatic heterocycles. The summed E-state index contributed by atoms with van der Waals surface area (Å²) < 4.78 is 29.0. The van der Waals surface area contributed by atoms with Crippen LogP contribution in [0, 0.1) is 11.6 Å². The first-order valence-corrected chi connectivity index (χ1v) is 5.86. The van der Waals surface area contributed by atoms with E-state index in [1.807, 2.05) is 0 Å². The number of rotatable bonds is 2. The first kappa shape index (κ1) is 12.8. The molecule has 0 saturated heterocycles. The summed E-state index contributed by atoms with van der Waals surface area (Å²) in [4.78, 5) is 11.9. The van der Waals surface area contributed by atoms with Gasteiger partial charge in [-0.15, -0.1) is 0 Å². The highest BCUT2D eigenvalue weighted by molar-refractivity contribution is 9.10. The number of benzene rings is 1. The van der Waals surface area contributed by atoms with E-state index in [-0.39, 0.29) is 0 Å². The molecular weight excluding hydrogens is 306 g/mol. The number of hydrogen-bond acceptors (Lipinski definition) is 1. The molecule has 1 heterocycles. The van der Waals surface area contributed by atoms with E-state index in [1.165, 1.54) is 6.07 Å². The number of carbonyl (C=O) groups is 1. The van der Waals surface area contributed by atoms with Gasteiger partial charge >= 0.3 is 0 Å². The Morgan fingerprint density at radius 3 is 2.33 bits per heavy atom. The van der Waals surface area contributed by atoms with Crippen LogP contribution in [0.15, 0.2) is 34.9 Å². The smallest absolute Gasteiger partial charge is 0.272 e. The molecule has 0 unspecified atom stereocenters. The number of hydrogen-bond donors (Lipinski definition) is 1. The first-order chi connectivity index (χ1) is 8.50. The Labute approximate surface area is 111 Å².